The molecule has 28 heavy (non-hydrogen) atoms. The molecule has 0 aromatic heterocycles. The molecule has 2 aromatic rings. The molecule has 0 saturated carbocycles. The molecule has 0 aliphatic carbocycles. The van der Waals surface area contributed by atoms with Crippen LogP contribution in [0.25, 0.3) is 0 Å². The number of rotatable bonds is 11. The lowest BCUT2D eigenvalue weighted by atomic mass is 10.1. The Labute approximate surface area is 168 Å². The van der Waals surface area contributed by atoms with Gasteiger partial charge in [-0.25, -0.2) is 0 Å². The minimum absolute atomic E-state index is 0.127. The first kappa shape index (κ1) is 21.6. The monoisotopic (exact) mass is 385 g/mol. The molecule has 0 spiro atoms. The van der Waals surface area contributed by atoms with Crippen molar-refractivity contribution in [2.24, 2.45) is 5.92 Å². The third kappa shape index (κ3) is 6.80. The smallest absolute Gasteiger partial charge is 0.251 e. The summed E-state index contributed by atoms with van der Waals surface area (Å²) in [4.78, 5) is 12.4. The molecule has 2 rings (SSSR count). The second-order valence-corrected chi connectivity index (χ2v) is 7.10. The molecule has 0 aliphatic rings. The van der Waals surface area contributed by atoms with E-state index in [0.717, 1.165) is 29.9 Å². The highest BCUT2D eigenvalue weighted by molar-refractivity contribution is 5.94. The maximum atomic E-state index is 12.4. The summed E-state index contributed by atoms with van der Waals surface area (Å²) in [7, 11) is 1.62. The van der Waals surface area contributed by atoms with Crippen LogP contribution in [-0.2, 0) is 6.54 Å². The lowest BCUT2D eigenvalue weighted by Crippen LogP contribution is -2.22. The van der Waals surface area contributed by atoms with E-state index in [1.54, 1.807) is 19.2 Å². The van der Waals surface area contributed by atoms with Crippen LogP contribution in [0.1, 0.15) is 49.5 Å². The summed E-state index contributed by atoms with van der Waals surface area (Å²) >= 11 is 0. The van der Waals surface area contributed by atoms with Crippen molar-refractivity contribution in [3.8, 4) is 17.2 Å². The van der Waals surface area contributed by atoms with E-state index in [4.69, 9.17) is 14.2 Å². The molecule has 0 bridgehead atoms. The first-order valence-electron chi connectivity index (χ1n) is 9.84. The molecule has 0 radical (unpaired) electrons. The second kappa shape index (κ2) is 11.2. The van der Waals surface area contributed by atoms with Crippen LogP contribution in [0.3, 0.4) is 0 Å². The molecule has 5 nitrogen and oxygen atoms in total. The van der Waals surface area contributed by atoms with E-state index in [0.29, 0.717) is 37.0 Å². The van der Waals surface area contributed by atoms with Crippen LogP contribution in [0.15, 0.2) is 42.5 Å². The molecule has 0 fully saturated rings. The summed E-state index contributed by atoms with van der Waals surface area (Å²) in [6.45, 7) is 8.06. The van der Waals surface area contributed by atoms with Crippen molar-refractivity contribution in [3.05, 3.63) is 53.6 Å². The highest BCUT2D eigenvalue weighted by Crippen LogP contribution is 2.28. The SMILES string of the molecule is CCCCOc1ccc(CNC(=O)c2ccc(OCC(C)C)cc2)cc1OC. The van der Waals surface area contributed by atoms with Gasteiger partial charge in [0.1, 0.15) is 5.75 Å². The van der Waals surface area contributed by atoms with Crippen LogP contribution < -0.4 is 19.5 Å². The van der Waals surface area contributed by atoms with Crippen molar-refractivity contribution < 1.29 is 19.0 Å². The van der Waals surface area contributed by atoms with E-state index >= 15 is 0 Å². The van der Waals surface area contributed by atoms with Crippen molar-refractivity contribution >= 4 is 5.91 Å². The van der Waals surface area contributed by atoms with Crippen LogP contribution >= 0.6 is 0 Å². The van der Waals surface area contributed by atoms with Crippen molar-refractivity contribution in [2.45, 2.75) is 40.2 Å². The Bertz CT molecular complexity index is 741. The molecule has 0 aliphatic heterocycles. The number of carbonyl (C=O) groups is 1. The second-order valence-electron chi connectivity index (χ2n) is 7.10. The first-order chi connectivity index (χ1) is 13.5. The van der Waals surface area contributed by atoms with Gasteiger partial charge in [-0.05, 0) is 54.3 Å². The third-order valence-corrected chi connectivity index (χ3v) is 4.14. The summed E-state index contributed by atoms with van der Waals surface area (Å²) in [5, 5.41) is 2.93. The zero-order valence-corrected chi connectivity index (χ0v) is 17.3. The summed E-state index contributed by atoms with van der Waals surface area (Å²) in [6.07, 6.45) is 2.08. The number of amides is 1. The van der Waals surface area contributed by atoms with Gasteiger partial charge in [0.2, 0.25) is 0 Å². The number of unbranched alkanes of at least 4 members (excludes halogenated alkanes) is 1. The van der Waals surface area contributed by atoms with Crippen LogP contribution in [0, 0.1) is 5.92 Å². The molecule has 152 valence electrons. The fourth-order valence-electron chi connectivity index (χ4n) is 2.52. The number of hydrogen-bond donors (Lipinski definition) is 1. The van der Waals surface area contributed by atoms with E-state index in [2.05, 4.69) is 26.1 Å². The van der Waals surface area contributed by atoms with E-state index < -0.39 is 0 Å². The minimum atomic E-state index is -0.127. The molecular formula is C23H31NO4. The first-order valence-corrected chi connectivity index (χ1v) is 9.84. The highest BCUT2D eigenvalue weighted by atomic mass is 16.5. The summed E-state index contributed by atoms with van der Waals surface area (Å²) in [5.74, 6) is 2.51. The molecule has 0 atom stereocenters. The largest absolute Gasteiger partial charge is 0.493 e. The Hall–Kier alpha value is -2.69. The van der Waals surface area contributed by atoms with Gasteiger partial charge >= 0.3 is 0 Å². The minimum Gasteiger partial charge on any atom is -0.493 e. The molecule has 0 unspecified atom stereocenters. The average Bonchev–Trinajstić information content (AvgIpc) is 2.71. The van der Waals surface area contributed by atoms with Gasteiger partial charge in [-0.2, -0.15) is 0 Å². The van der Waals surface area contributed by atoms with Crippen LogP contribution in [0.2, 0.25) is 0 Å². The summed E-state index contributed by atoms with van der Waals surface area (Å²) in [6, 6.07) is 12.9. The van der Waals surface area contributed by atoms with Crippen molar-refractivity contribution in [3.63, 3.8) is 0 Å². The van der Waals surface area contributed by atoms with E-state index in [1.165, 1.54) is 0 Å². The van der Waals surface area contributed by atoms with Gasteiger partial charge in [0, 0.05) is 12.1 Å². The Balaban J connectivity index is 1.91. The Morgan fingerprint density at radius 2 is 1.79 bits per heavy atom. The van der Waals surface area contributed by atoms with E-state index in [-0.39, 0.29) is 5.91 Å². The molecule has 0 heterocycles. The number of carbonyl (C=O) groups excluding carboxylic acids is 1. The molecule has 5 heteroatoms. The van der Waals surface area contributed by atoms with Gasteiger partial charge in [-0.15, -0.1) is 0 Å². The molecule has 1 amide bonds. The number of benzene rings is 2. The highest BCUT2D eigenvalue weighted by Gasteiger charge is 2.09. The lowest BCUT2D eigenvalue weighted by molar-refractivity contribution is 0.0951. The molecular weight excluding hydrogens is 354 g/mol. The van der Waals surface area contributed by atoms with Crippen LogP contribution in [0.4, 0.5) is 0 Å². The zero-order valence-electron chi connectivity index (χ0n) is 17.3. The number of methoxy groups -OCH3 is 1. The Morgan fingerprint density at radius 1 is 1.04 bits per heavy atom. The number of ether oxygens (including phenoxy) is 3. The molecule has 2 aromatic carbocycles. The quantitative estimate of drug-likeness (QED) is 0.563. The predicted molar refractivity (Wildman–Crippen MR) is 111 cm³/mol. The average molecular weight is 386 g/mol. The standard InChI is InChI=1S/C23H31NO4/c1-5-6-13-27-21-12-7-18(14-22(21)26-4)15-24-23(25)19-8-10-20(11-9-19)28-16-17(2)3/h7-12,14,17H,5-6,13,15-16H2,1-4H3,(H,24,25). The number of hydrogen-bond acceptors (Lipinski definition) is 4. The van der Waals surface area contributed by atoms with Gasteiger partial charge in [-0.3, -0.25) is 4.79 Å². The maximum Gasteiger partial charge on any atom is 0.251 e. The molecule has 0 saturated heterocycles. The van der Waals surface area contributed by atoms with Gasteiger partial charge < -0.3 is 19.5 Å². The Morgan fingerprint density at radius 3 is 2.43 bits per heavy atom. The summed E-state index contributed by atoms with van der Waals surface area (Å²) < 4.78 is 16.8. The number of nitrogens with one attached hydrogen (secondary N) is 1. The van der Waals surface area contributed by atoms with E-state index in [1.807, 2.05) is 30.3 Å². The molecule has 1 N–H and O–H groups in total. The Kier molecular flexibility index (Phi) is 8.66. The van der Waals surface area contributed by atoms with E-state index in [9.17, 15) is 4.79 Å². The van der Waals surface area contributed by atoms with Gasteiger partial charge in [-0.1, -0.05) is 33.3 Å². The fraction of sp³-hybridized carbons (Fsp3) is 0.435. The van der Waals surface area contributed by atoms with Crippen LogP contribution in [-0.4, -0.2) is 26.2 Å². The maximum absolute atomic E-state index is 12.4. The summed E-state index contributed by atoms with van der Waals surface area (Å²) in [5.41, 5.74) is 1.55. The fourth-order valence-corrected chi connectivity index (χ4v) is 2.52. The van der Waals surface area contributed by atoms with Crippen molar-refractivity contribution in [1.29, 1.82) is 0 Å². The lowest BCUT2D eigenvalue weighted by Gasteiger charge is -2.13. The predicted octanol–water partition coefficient (Wildman–Crippen LogP) is 4.84. The normalized spacial score (nSPS) is 10.6. The van der Waals surface area contributed by atoms with Gasteiger partial charge in [0.05, 0.1) is 20.3 Å². The third-order valence-electron chi connectivity index (χ3n) is 4.14. The van der Waals surface area contributed by atoms with Gasteiger partial charge in [0.25, 0.3) is 5.91 Å². The van der Waals surface area contributed by atoms with Crippen molar-refractivity contribution in [1.82, 2.24) is 5.32 Å². The van der Waals surface area contributed by atoms with Crippen molar-refractivity contribution in [2.75, 3.05) is 20.3 Å². The van der Waals surface area contributed by atoms with Gasteiger partial charge in [0.15, 0.2) is 11.5 Å². The van der Waals surface area contributed by atoms with Crippen LogP contribution in [0.5, 0.6) is 17.2 Å². The zero-order chi connectivity index (χ0) is 20.4. The topological polar surface area (TPSA) is 56.8 Å².